The third-order valence-corrected chi connectivity index (χ3v) is 4.71. The van der Waals surface area contributed by atoms with E-state index in [9.17, 15) is 4.79 Å². The molecule has 94 valence electrons. The molecule has 0 aliphatic carbocycles. The molecule has 2 aromatic carbocycles. The quantitative estimate of drug-likeness (QED) is 0.538. The summed E-state index contributed by atoms with van der Waals surface area (Å²) >= 11 is 0.342. The molecule has 2 nitrogen and oxygen atoms in total. The van der Waals surface area contributed by atoms with Gasteiger partial charge in [-0.25, -0.2) is 0 Å². The molecule has 0 aliphatic rings. The Balaban J connectivity index is 2.30. The van der Waals surface area contributed by atoms with E-state index in [4.69, 9.17) is 4.42 Å². The Bertz CT molecular complexity index is 790. The second kappa shape index (κ2) is 5.04. The zero-order valence-corrected chi connectivity index (χ0v) is 12.1. The fraction of sp³-hybridized carbons (Fsp3) is 0.0625. The average Bonchev–Trinajstić information content (AvgIpc) is 2.46. The molecule has 3 heteroatoms. The molecule has 0 saturated carbocycles. The van der Waals surface area contributed by atoms with Crippen LogP contribution in [0, 0.1) is 0 Å². The third kappa shape index (κ3) is 2.23. The Morgan fingerprint density at radius 3 is 2.53 bits per heavy atom. The van der Waals surface area contributed by atoms with E-state index in [0.29, 0.717) is 26.1 Å². The van der Waals surface area contributed by atoms with E-state index in [0.717, 1.165) is 10.9 Å². The topological polar surface area (TPSA) is 30.2 Å². The van der Waals surface area contributed by atoms with Crippen LogP contribution >= 0.6 is 0 Å². The summed E-state index contributed by atoms with van der Waals surface area (Å²) in [5.74, 6) is 2.15. The molecule has 0 amide bonds. The zero-order valence-electron chi connectivity index (χ0n) is 10.4. The van der Waals surface area contributed by atoms with Gasteiger partial charge in [0.05, 0.1) is 0 Å². The van der Waals surface area contributed by atoms with Crippen molar-refractivity contribution in [3.8, 4) is 11.1 Å². The summed E-state index contributed by atoms with van der Waals surface area (Å²) in [4.78, 5) is 12.1. The Hall–Kier alpha value is -1.83. The first kappa shape index (κ1) is 12.2. The normalized spacial score (nSPS) is 10.8. The molecule has 19 heavy (non-hydrogen) atoms. The van der Waals surface area contributed by atoms with Crippen LogP contribution in [0.4, 0.5) is 0 Å². The molecule has 0 aliphatic heterocycles. The molecule has 0 atom stereocenters. The van der Waals surface area contributed by atoms with Crippen molar-refractivity contribution in [2.45, 2.75) is 5.82 Å². The Morgan fingerprint density at radius 1 is 0.947 bits per heavy atom. The van der Waals surface area contributed by atoms with Crippen LogP contribution in [-0.4, -0.2) is 15.0 Å². The number of hydrogen-bond donors (Lipinski definition) is 0. The van der Waals surface area contributed by atoms with E-state index >= 15 is 0 Å². The van der Waals surface area contributed by atoms with Crippen molar-refractivity contribution in [3.05, 3.63) is 65.0 Å². The summed E-state index contributed by atoms with van der Waals surface area (Å²) in [6.07, 6.45) is 0. The number of hydrogen-bond acceptors (Lipinski definition) is 2. The zero-order chi connectivity index (χ0) is 13.2. The van der Waals surface area contributed by atoms with Gasteiger partial charge in [-0.2, -0.15) is 0 Å². The second-order valence-corrected chi connectivity index (χ2v) is 5.96. The first-order valence-corrected chi connectivity index (χ1v) is 8.53. The Kier molecular flexibility index (Phi) is 3.24. The van der Waals surface area contributed by atoms with E-state index in [-0.39, 0.29) is 5.63 Å². The minimum absolute atomic E-state index is 0.268. The van der Waals surface area contributed by atoms with Gasteiger partial charge < -0.3 is 0 Å². The van der Waals surface area contributed by atoms with Gasteiger partial charge in [-0.05, 0) is 0 Å². The van der Waals surface area contributed by atoms with Crippen molar-refractivity contribution in [1.29, 1.82) is 0 Å². The van der Waals surface area contributed by atoms with Crippen LogP contribution in [0.5, 0.6) is 0 Å². The molecular weight excluding hydrogens is 303 g/mol. The maximum atomic E-state index is 12.1. The van der Waals surface area contributed by atoms with Crippen LogP contribution < -0.4 is 10.1 Å². The van der Waals surface area contributed by atoms with Crippen molar-refractivity contribution in [1.82, 2.24) is 0 Å². The Morgan fingerprint density at radius 2 is 1.68 bits per heavy atom. The summed E-state index contributed by atoms with van der Waals surface area (Å²) in [6.45, 7) is 0. The summed E-state index contributed by atoms with van der Waals surface area (Å²) < 4.78 is 6.62. The van der Waals surface area contributed by atoms with Gasteiger partial charge in [-0.15, -0.1) is 0 Å². The molecule has 0 radical (unpaired) electrons. The van der Waals surface area contributed by atoms with Gasteiger partial charge in [-0.1, -0.05) is 0 Å². The maximum absolute atomic E-state index is 12.1. The van der Waals surface area contributed by atoms with Crippen molar-refractivity contribution in [2.24, 2.45) is 0 Å². The van der Waals surface area contributed by atoms with E-state index in [2.05, 4.69) is 11.9 Å². The van der Waals surface area contributed by atoms with E-state index in [1.165, 1.54) is 4.46 Å². The van der Waals surface area contributed by atoms with Crippen LogP contribution in [0.2, 0.25) is 5.82 Å². The van der Waals surface area contributed by atoms with Crippen molar-refractivity contribution in [2.75, 3.05) is 0 Å². The average molecular weight is 315 g/mol. The molecule has 0 fully saturated rings. The molecule has 0 N–H and O–H groups in total. The fourth-order valence-electron chi connectivity index (χ4n) is 2.12. The van der Waals surface area contributed by atoms with Crippen LogP contribution in [-0.2, 0) is 0 Å². The molecule has 0 unspecified atom stereocenters. The number of fused-ring (bicyclic) bond motifs is 1. The van der Waals surface area contributed by atoms with Gasteiger partial charge in [0.25, 0.3) is 0 Å². The van der Waals surface area contributed by atoms with Crippen molar-refractivity contribution >= 4 is 30.4 Å². The first-order valence-electron chi connectivity index (χ1n) is 5.96. The van der Waals surface area contributed by atoms with Crippen LogP contribution in [0.3, 0.4) is 0 Å². The number of para-hydroxylation sites is 1. The SMILES string of the molecule is C[Se]c1ccccc1-c1cc2ccccc2oc1=O. The van der Waals surface area contributed by atoms with E-state index < -0.39 is 0 Å². The number of rotatable bonds is 2. The van der Waals surface area contributed by atoms with Gasteiger partial charge >= 0.3 is 117 Å². The van der Waals surface area contributed by atoms with E-state index in [1.54, 1.807) is 0 Å². The van der Waals surface area contributed by atoms with Crippen LogP contribution in [0.1, 0.15) is 0 Å². The van der Waals surface area contributed by atoms with Gasteiger partial charge in [0.15, 0.2) is 0 Å². The summed E-state index contributed by atoms with van der Waals surface area (Å²) in [7, 11) is 0. The molecule has 0 spiro atoms. The molecular formula is C16H12O2Se. The molecule has 0 bridgehead atoms. The van der Waals surface area contributed by atoms with E-state index in [1.807, 2.05) is 48.5 Å². The molecule has 3 rings (SSSR count). The predicted octanol–water partition coefficient (Wildman–Crippen LogP) is 2.84. The first-order chi connectivity index (χ1) is 9.29. The summed E-state index contributed by atoms with van der Waals surface area (Å²) in [5.41, 5.74) is 2.01. The van der Waals surface area contributed by atoms with Gasteiger partial charge in [-0.3, -0.25) is 0 Å². The van der Waals surface area contributed by atoms with Gasteiger partial charge in [0.1, 0.15) is 0 Å². The van der Waals surface area contributed by atoms with Gasteiger partial charge in [0.2, 0.25) is 0 Å². The number of benzene rings is 2. The third-order valence-electron chi connectivity index (χ3n) is 3.04. The molecule has 1 aromatic heterocycles. The van der Waals surface area contributed by atoms with Crippen molar-refractivity contribution in [3.63, 3.8) is 0 Å². The van der Waals surface area contributed by atoms with Crippen molar-refractivity contribution < 1.29 is 4.42 Å². The van der Waals surface area contributed by atoms with Crippen LogP contribution in [0.25, 0.3) is 22.1 Å². The summed E-state index contributed by atoms with van der Waals surface area (Å²) in [6, 6.07) is 17.5. The fourth-order valence-corrected chi connectivity index (χ4v) is 3.40. The molecule has 1 heterocycles. The standard InChI is InChI=1S/C16H12O2Se/c1-19-15-9-5-3-7-12(15)13-10-11-6-2-4-8-14(11)18-16(13)17/h2-10H,1H3. The second-order valence-electron chi connectivity index (χ2n) is 4.19. The monoisotopic (exact) mass is 316 g/mol. The summed E-state index contributed by atoms with van der Waals surface area (Å²) in [5, 5.41) is 0.954. The molecule has 0 saturated heterocycles. The Labute approximate surface area is 117 Å². The molecule has 3 aromatic rings. The van der Waals surface area contributed by atoms with Gasteiger partial charge in [0, 0.05) is 0 Å². The van der Waals surface area contributed by atoms with Crippen LogP contribution in [0.15, 0.2) is 63.8 Å². The predicted molar refractivity (Wildman–Crippen MR) is 79.2 cm³/mol. The minimum atomic E-state index is -0.268.